The monoisotopic (exact) mass is 231 g/mol. The summed E-state index contributed by atoms with van der Waals surface area (Å²) < 4.78 is 37.5. The van der Waals surface area contributed by atoms with E-state index in [4.69, 9.17) is 0 Å². The molecule has 2 nitrogen and oxygen atoms in total. The van der Waals surface area contributed by atoms with Crippen LogP contribution >= 0.6 is 0 Å². The Balaban J connectivity index is 2.80. The molecule has 0 spiro atoms. The van der Waals surface area contributed by atoms with Crippen molar-refractivity contribution in [1.29, 1.82) is 0 Å². The lowest BCUT2D eigenvalue weighted by Crippen LogP contribution is -2.54. The molecule has 0 aliphatic rings. The Bertz CT molecular complexity index is 371. The first-order valence-corrected chi connectivity index (χ1v) is 4.68. The second-order valence-electron chi connectivity index (χ2n) is 3.94. The van der Waals surface area contributed by atoms with E-state index in [0.29, 0.717) is 0 Å². The highest BCUT2D eigenvalue weighted by molar-refractivity contribution is 5.94. The molecule has 88 valence electrons. The third-order valence-electron chi connectivity index (χ3n) is 2.17. The van der Waals surface area contributed by atoms with Gasteiger partial charge in [0.05, 0.1) is 0 Å². The zero-order valence-corrected chi connectivity index (χ0v) is 8.93. The second kappa shape index (κ2) is 4.15. The SMILES string of the molecule is CC(C)(NC(=O)c1ccccc1)C(F)(F)F. The average molecular weight is 231 g/mol. The van der Waals surface area contributed by atoms with Gasteiger partial charge in [-0.05, 0) is 26.0 Å². The molecule has 0 heterocycles. The fourth-order valence-corrected chi connectivity index (χ4v) is 1.02. The van der Waals surface area contributed by atoms with Gasteiger partial charge in [-0.3, -0.25) is 4.79 Å². The molecule has 1 rings (SSSR count). The number of benzene rings is 1. The van der Waals surface area contributed by atoms with Crippen LogP contribution in [0.15, 0.2) is 30.3 Å². The van der Waals surface area contributed by atoms with Gasteiger partial charge in [-0.15, -0.1) is 0 Å². The number of alkyl halides is 3. The Morgan fingerprint density at radius 2 is 1.62 bits per heavy atom. The van der Waals surface area contributed by atoms with Gasteiger partial charge >= 0.3 is 6.18 Å². The molecule has 5 heteroatoms. The van der Waals surface area contributed by atoms with Crippen molar-refractivity contribution in [3.05, 3.63) is 35.9 Å². The summed E-state index contributed by atoms with van der Waals surface area (Å²) in [6.45, 7) is 1.85. The molecule has 0 fully saturated rings. The quantitative estimate of drug-likeness (QED) is 0.833. The first-order valence-electron chi connectivity index (χ1n) is 4.68. The lowest BCUT2D eigenvalue weighted by atomic mass is 10.0. The molecule has 0 atom stereocenters. The summed E-state index contributed by atoms with van der Waals surface area (Å²) in [4.78, 5) is 11.5. The van der Waals surface area contributed by atoms with Crippen LogP contribution in [0.5, 0.6) is 0 Å². The highest BCUT2D eigenvalue weighted by Gasteiger charge is 2.48. The molecular formula is C11H12F3NO. The van der Waals surface area contributed by atoms with Crippen LogP contribution in [0, 0.1) is 0 Å². The fraction of sp³-hybridized carbons (Fsp3) is 0.364. The van der Waals surface area contributed by atoms with Gasteiger partial charge in [-0.25, -0.2) is 0 Å². The Morgan fingerprint density at radius 1 is 1.12 bits per heavy atom. The molecule has 16 heavy (non-hydrogen) atoms. The third-order valence-corrected chi connectivity index (χ3v) is 2.17. The maximum atomic E-state index is 12.5. The van der Waals surface area contributed by atoms with Crippen LogP contribution in [-0.2, 0) is 0 Å². The summed E-state index contributed by atoms with van der Waals surface area (Å²) in [6, 6.07) is 7.79. The van der Waals surface area contributed by atoms with E-state index < -0.39 is 17.6 Å². The highest BCUT2D eigenvalue weighted by Crippen LogP contribution is 2.29. The van der Waals surface area contributed by atoms with E-state index in [1.54, 1.807) is 18.2 Å². The molecule has 1 amide bonds. The van der Waals surface area contributed by atoms with E-state index in [-0.39, 0.29) is 5.56 Å². The average Bonchev–Trinajstić information content (AvgIpc) is 2.16. The van der Waals surface area contributed by atoms with Crippen molar-refractivity contribution in [2.24, 2.45) is 0 Å². The summed E-state index contributed by atoms with van der Waals surface area (Å²) in [5.74, 6) is -0.733. The number of rotatable bonds is 2. The summed E-state index contributed by atoms with van der Waals surface area (Å²) in [6.07, 6.45) is -4.47. The van der Waals surface area contributed by atoms with Gasteiger partial charge in [-0.2, -0.15) is 13.2 Å². The Morgan fingerprint density at radius 3 is 2.06 bits per heavy atom. The zero-order chi connectivity index (χ0) is 12.4. The molecular weight excluding hydrogens is 219 g/mol. The van der Waals surface area contributed by atoms with E-state index in [1.807, 2.05) is 5.32 Å². The van der Waals surface area contributed by atoms with Crippen LogP contribution in [0.3, 0.4) is 0 Å². The van der Waals surface area contributed by atoms with Crippen LogP contribution < -0.4 is 5.32 Å². The van der Waals surface area contributed by atoms with Gasteiger partial charge in [0.15, 0.2) is 0 Å². The predicted octanol–water partition coefficient (Wildman–Crippen LogP) is 2.76. The van der Waals surface area contributed by atoms with E-state index in [2.05, 4.69) is 0 Å². The van der Waals surface area contributed by atoms with Crippen molar-refractivity contribution in [2.75, 3.05) is 0 Å². The molecule has 0 radical (unpaired) electrons. The Hall–Kier alpha value is -1.52. The van der Waals surface area contributed by atoms with E-state index in [0.717, 1.165) is 13.8 Å². The number of amides is 1. The van der Waals surface area contributed by atoms with E-state index in [9.17, 15) is 18.0 Å². The number of hydrogen-bond donors (Lipinski definition) is 1. The van der Waals surface area contributed by atoms with E-state index in [1.165, 1.54) is 12.1 Å². The zero-order valence-electron chi connectivity index (χ0n) is 8.93. The normalized spacial score (nSPS) is 12.3. The highest BCUT2D eigenvalue weighted by atomic mass is 19.4. The van der Waals surface area contributed by atoms with Gasteiger partial charge in [0, 0.05) is 5.56 Å². The smallest absolute Gasteiger partial charge is 0.338 e. The lowest BCUT2D eigenvalue weighted by Gasteiger charge is -2.28. The van der Waals surface area contributed by atoms with Gasteiger partial charge in [0.25, 0.3) is 5.91 Å². The maximum Gasteiger partial charge on any atom is 0.410 e. The van der Waals surface area contributed by atoms with Crippen LogP contribution in [0.4, 0.5) is 13.2 Å². The van der Waals surface area contributed by atoms with Crippen LogP contribution in [0.1, 0.15) is 24.2 Å². The third kappa shape index (κ3) is 2.74. The lowest BCUT2D eigenvalue weighted by molar-refractivity contribution is -0.182. The number of nitrogens with one attached hydrogen (secondary N) is 1. The molecule has 0 saturated carbocycles. The maximum absolute atomic E-state index is 12.5. The first kappa shape index (κ1) is 12.5. The minimum absolute atomic E-state index is 0.208. The van der Waals surface area contributed by atoms with Crippen molar-refractivity contribution in [3.63, 3.8) is 0 Å². The fourth-order valence-electron chi connectivity index (χ4n) is 1.02. The summed E-state index contributed by atoms with van der Waals surface area (Å²) >= 11 is 0. The van der Waals surface area contributed by atoms with Gasteiger partial charge in [0.1, 0.15) is 5.54 Å². The molecule has 0 bridgehead atoms. The molecule has 0 aliphatic carbocycles. The first-order chi connectivity index (χ1) is 7.24. The minimum Gasteiger partial charge on any atom is -0.338 e. The van der Waals surface area contributed by atoms with Crippen LogP contribution in [-0.4, -0.2) is 17.6 Å². The molecule has 0 aromatic heterocycles. The van der Waals surface area contributed by atoms with Gasteiger partial charge < -0.3 is 5.32 Å². The van der Waals surface area contributed by atoms with Crippen molar-refractivity contribution in [2.45, 2.75) is 25.6 Å². The predicted molar refractivity (Wildman–Crippen MR) is 54.0 cm³/mol. The number of carbonyl (C=O) groups is 1. The number of halogens is 3. The molecule has 1 N–H and O–H groups in total. The Kier molecular flexibility index (Phi) is 3.26. The van der Waals surface area contributed by atoms with Crippen molar-refractivity contribution in [3.8, 4) is 0 Å². The van der Waals surface area contributed by atoms with E-state index >= 15 is 0 Å². The van der Waals surface area contributed by atoms with Gasteiger partial charge in [-0.1, -0.05) is 18.2 Å². The van der Waals surface area contributed by atoms with Crippen LogP contribution in [0.25, 0.3) is 0 Å². The molecule has 0 aliphatic heterocycles. The number of carbonyl (C=O) groups excluding carboxylic acids is 1. The summed E-state index contributed by atoms with van der Waals surface area (Å²) in [7, 11) is 0. The topological polar surface area (TPSA) is 29.1 Å². The van der Waals surface area contributed by atoms with Crippen molar-refractivity contribution >= 4 is 5.91 Å². The molecule has 0 saturated heterocycles. The largest absolute Gasteiger partial charge is 0.410 e. The van der Waals surface area contributed by atoms with Crippen LogP contribution in [0.2, 0.25) is 0 Å². The summed E-state index contributed by atoms with van der Waals surface area (Å²) in [5, 5.41) is 1.95. The second-order valence-corrected chi connectivity index (χ2v) is 3.94. The minimum atomic E-state index is -4.47. The number of hydrogen-bond acceptors (Lipinski definition) is 1. The van der Waals surface area contributed by atoms with Crippen molar-refractivity contribution in [1.82, 2.24) is 5.32 Å². The van der Waals surface area contributed by atoms with Gasteiger partial charge in [0.2, 0.25) is 0 Å². The van der Waals surface area contributed by atoms with Crippen molar-refractivity contribution < 1.29 is 18.0 Å². The molecule has 0 unspecified atom stereocenters. The Labute approximate surface area is 91.5 Å². The molecule has 1 aromatic rings. The standard InChI is InChI=1S/C11H12F3NO/c1-10(2,11(12,13)14)15-9(16)8-6-4-3-5-7-8/h3-7H,1-2H3,(H,15,16). The summed E-state index contributed by atoms with van der Waals surface area (Å²) in [5.41, 5.74) is -2.03. The molecule has 1 aromatic carbocycles.